The minimum atomic E-state index is -4.37. The van der Waals surface area contributed by atoms with Crippen LogP contribution in [-0.4, -0.2) is 43.9 Å². The molecule has 2 heterocycles. The van der Waals surface area contributed by atoms with Gasteiger partial charge in [-0.15, -0.1) is 0 Å². The van der Waals surface area contributed by atoms with E-state index in [9.17, 15) is 18.0 Å². The Morgan fingerprint density at radius 3 is 2.35 bits per heavy atom. The lowest BCUT2D eigenvalue weighted by atomic mass is 9.82. The molecule has 2 atom stereocenters. The van der Waals surface area contributed by atoms with Crippen LogP contribution in [0.4, 0.5) is 13.2 Å². The number of morpholine rings is 1. The van der Waals surface area contributed by atoms with Gasteiger partial charge >= 0.3 is 6.18 Å². The van der Waals surface area contributed by atoms with E-state index in [0.29, 0.717) is 18.8 Å². The molecule has 2 fully saturated rings. The standard InChI is InChI=1S/C16H18F3NO3/c17-16(18,19)9-23-14-3-1-10(2-4-14)15(21)11-5-12-7-22-8-13(6-11)20-12/h1-4,11-13,20H,5-9H2. The van der Waals surface area contributed by atoms with Crippen LogP contribution in [0.1, 0.15) is 23.2 Å². The predicted molar refractivity (Wildman–Crippen MR) is 76.6 cm³/mol. The third-order valence-corrected chi connectivity index (χ3v) is 4.16. The normalized spacial score (nSPS) is 27.5. The number of piperidine rings is 1. The Balaban J connectivity index is 1.61. The SMILES string of the molecule is O=C(c1ccc(OCC(F)(F)F)cc1)C1CC2COCC(C1)N2. The number of fused-ring (bicyclic) bond motifs is 2. The summed E-state index contributed by atoms with van der Waals surface area (Å²) in [6.45, 7) is -0.104. The summed E-state index contributed by atoms with van der Waals surface area (Å²) in [5.74, 6) is 0.0670. The number of carbonyl (C=O) groups excluding carboxylic acids is 1. The largest absolute Gasteiger partial charge is 0.484 e. The number of nitrogens with one attached hydrogen (secondary N) is 1. The number of halogens is 3. The maximum atomic E-state index is 12.6. The smallest absolute Gasteiger partial charge is 0.422 e. The van der Waals surface area contributed by atoms with Gasteiger partial charge in [-0.2, -0.15) is 13.2 Å². The Morgan fingerprint density at radius 1 is 1.17 bits per heavy atom. The van der Waals surface area contributed by atoms with Crippen molar-refractivity contribution in [2.75, 3.05) is 19.8 Å². The van der Waals surface area contributed by atoms with Crippen molar-refractivity contribution in [3.05, 3.63) is 29.8 Å². The minimum Gasteiger partial charge on any atom is -0.484 e. The second-order valence-corrected chi connectivity index (χ2v) is 6.06. The van der Waals surface area contributed by atoms with Gasteiger partial charge < -0.3 is 14.8 Å². The zero-order chi connectivity index (χ0) is 16.4. The Labute approximate surface area is 132 Å². The molecule has 0 amide bonds. The molecule has 4 nitrogen and oxygen atoms in total. The fraction of sp³-hybridized carbons (Fsp3) is 0.562. The zero-order valence-corrected chi connectivity index (χ0v) is 12.4. The first-order valence-electron chi connectivity index (χ1n) is 7.58. The van der Waals surface area contributed by atoms with E-state index < -0.39 is 12.8 Å². The van der Waals surface area contributed by atoms with E-state index in [4.69, 9.17) is 4.74 Å². The Kier molecular flexibility index (Phi) is 4.59. The van der Waals surface area contributed by atoms with Crippen molar-refractivity contribution in [2.45, 2.75) is 31.1 Å². The van der Waals surface area contributed by atoms with Crippen molar-refractivity contribution in [1.29, 1.82) is 0 Å². The summed E-state index contributed by atoms with van der Waals surface area (Å²) < 4.78 is 46.4. The quantitative estimate of drug-likeness (QED) is 0.863. The Hall–Kier alpha value is -1.60. The van der Waals surface area contributed by atoms with Crippen LogP contribution in [-0.2, 0) is 4.74 Å². The van der Waals surface area contributed by atoms with Crippen LogP contribution < -0.4 is 10.1 Å². The maximum absolute atomic E-state index is 12.6. The molecule has 2 aliphatic rings. The average Bonchev–Trinajstić information content (AvgIpc) is 2.51. The molecule has 2 unspecified atom stereocenters. The topological polar surface area (TPSA) is 47.6 Å². The van der Waals surface area contributed by atoms with Gasteiger partial charge in [-0.05, 0) is 37.1 Å². The Morgan fingerprint density at radius 2 is 1.78 bits per heavy atom. The molecule has 1 aromatic rings. The van der Waals surface area contributed by atoms with Crippen molar-refractivity contribution in [1.82, 2.24) is 5.32 Å². The summed E-state index contributed by atoms with van der Waals surface area (Å²) in [5.41, 5.74) is 0.509. The lowest BCUT2D eigenvalue weighted by Gasteiger charge is -2.39. The molecular weight excluding hydrogens is 311 g/mol. The molecule has 2 bridgehead atoms. The van der Waals surface area contributed by atoms with Crippen LogP contribution in [0.2, 0.25) is 0 Å². The van der Waals surface area contributed by atoms with E-state index in [1.54, 1.807) is 0 Å². The van der Waals surface area contributed by atoms with Gasteiger partial charge in [0.15, 0.2) is 12.4 Å². The van der Waals surface area contributed by atoms with Gasteiger partial charge in [-0.1, -0.05) is 0 Å². The lowest BCUT2D eigenvalue weighted by Crippen LogP contribution is -2.55. The van der Waals surface area contributed by atoms with Crippen molar-refractivity contribution in [2.24, 2.45) is 5.92 Å². The summed E-state index contributed by atoms with van der Waals surface area (Å²) >= 11 is 0. The van der Waals surface area contributed by atoms with E-state index in [2.05, 4.69) is 10.1 Å². The first kappa shape index (κ1) is 16.3. The molecule has 1 aromatic carbocycles. The number of alkyl halides is 3. The van der Waals surface area contributed by atoms with Crippen LogP contribution in [0.3, 0.4) is 0 Å². The number of carbonyl (C=O) groups is 1. The van der Waals surface area contributed by atoms with Crippen LogP contribution in [0.5, 0.6) is 5.75 Å². The van der Waals surface area contributed by atoms with Gasteiger partial charge in [0.1, 0.15) is 5.75 Å². The van der Waals surface area contributed by atoms with Crippen LogP contribution in [0.15, 0.2) is 24.3 Å². The maximum Gasteiger partial charge on any atom is 0.422 e. The molecule has 2 aliphatic heterocycles. The third-order valence-electron chi connectivity index (χ3n) is 4.16. The number of hydrogen-bond acceptors (Lipinski definition) is 4. The molecule has 0 spiro atoms. The first-order valence-corrected chi connectivity index (χ1v) is 7.58. The molecule has 7 heteroatoms. The second-order valence-electron chi connectivity index (χ2n) is 6.06. The van der Waals surface area contributed by atoms with Gasteiger partial charge in [0.2, 0.25) is 0 Å². The van der Waals surface area contributed by atoms with E-state index in [-0.39, 0.29) is 29.5 Å². The van der Waals surface area contributed by atoms with E-state index in [0.717, 1.165) is 12.8 Å². The third kappa shape index (κ3) is 4.23. The highest BCUT2D eigenvalue weighted by atomic mass is 19.4. The molecular formula is C16H18F3NO3. The zero-order valence-electron chi connectivity index (χ0n) is 12.4. The molecule has 0 saturated carbocycles. The van der Waals surface area contributed by atoms with Crippen LogP contribution in [0.25, 0.3) is 0 Å². The summed E-state index contributed by atoms with van der Waals surface area (Å²) in [7, 11) is 0. The molecule has 0 aliphatic carbocycles. The average molecular weight is 329 g/mol. The highest BCUT2D eigenvalue weighted by Gasteiger charge is 2.35. The number of hydrogen-bond donors (Lipinski definition) is 1. The first-order chi connectivity index (χ1) is 10.9. The number of ketones is 1. The van der Waals surface area contributed by atoms with Gasteiger partial charge in [-0.3, -0.25) is 4.79 Å². The summed E-state index contributed by atoms with van der Waals surface area (Å²) in [5, 5.41) is 3.43. The number of benzene rings is 1. The molecule has 1 N–H and O–H groups in total. The Bertz CT molecular complexity index is 547. The highest BCUT2D eigenvalue weighted by molar-refractivity contribution is 5.98. The molecule has 3 rings (SSSR count). The van der Waals surface area contributed by atoms with E-state index >= 15 is 0 Å². The van der Waals surface area contributed by atoms with Gasteiger partial charge in [0.05, 0.1) is 13.2 Å². The highest BCUT2D eigenvalue weighted by Crippen LogP contribution is 2.28. The van der Waals surface area contributed by atoms with E-state index in [1.807, 2.05) is 0 Å². The van der Waals surface area contributed by atoms with Crippen molar-refractivity contribution < 1.29 is 27.4 Å². The second kappa shape index (κ2) is 6.49. The predicted octanol–water partition coefficient (Wildman–Crippen LogP) is 2.58. The van der Waals surface area contributed by atoms with Crippen molar-refractivity contribution in [3.63, 3.8) is 0 Å². The minimum absolute atomic E-state index is 0.0331. The van der Waals surface area contributed by atoms with Gasteiger partial charge in [0, 0.05) is 23.6 Å². The molecule has 23 heavy (non-hydrogen) atoms. The monoisotopic (exact) mass is 329 g/mol. The number of Topliss-reactive ketones (excluding diaryl/α,β-unsaturated/α-hetero) is 1. The van der Waals surface area contributed by atoms with Crippen LogP contribution >= 0.6 is 0 Å². The van der Waals surface area contributed by atoms with Gasteiger partial charge in [-0.25, -0.2) is 0 Å². The number of ether oxygens (including phenoxy) is 2. The van der Waals surface area contributed by atoms with E-state index in [1.165, 1.54) is 24.3 Å². The van der Waals surface area contributed by atoms with Crippen molar-refractivity contribution in [3.8, 4) is 5.75 Å². The summed E-state index contributed by atoms with van der Waals surface area (Å²) in [4.78, 5) is 12.6. The summed E-state index contributed by atoms with van der Waals surface area (Å²) in [6, 6.07) is 6.27. The fourth-order valence-electron chi connectivity index (χ4n) is 3.17. The van der Waals surface area contributed by atoms with Gasteiger partial charge in [0.25, 0.3) is 0 Å². The molecule has 0 radical (unpaired) electrons. The van der Waals surface area contributed by atoms with Crippen molar-refractivity contribution >= 4 is 5.78 Å². The number of rotatable bonds is 4. The fourth-order valence-corrected chi connectivity index (χ4v) is 3.17. The lowest BCUT2D eigenvalue weighted by molar-refractivity contribution is -0.153. The van der Waals surface area contributed by atoms with Crippen LogP contribution in [0, 0.1) is 5.92 Å². The summed E-state index contributed by atoms with van der Waals surface area (Å²) in [6.07, 6.45) is -2.92. The molecule has 126 valence electrons. The molecule has 2 saturated heterocycles. The molecule has 0 aromatic heterocycles.